The van der Waals surface area contributed by atoms with Crippen LogP contribution in [0.2, 0.25) is 0 Å². The van der Waals surface area contributed by atoms with Crippen molar-refractivity contribution in [3.63, 3.8) is 0 Å². The summed E-state index contributed by atoms with van der Waals surface area (Å²) < 4.78 is 14.0. The summed E-state index contributed by atoms with van der Waals surface area (Å²) in [6, 6.07) is 17.8. The zero-order valence-corrected chi connectivity index (χ0v) is 16.4. The van der Waals surface area contributed by atoms with Crippen molar-refractivity contribution >= 4 is 23.1 Å². The quantitative estimate of drug-likeness (QED) is 0.289. The van der Waals surface area contributed by atoms with Crippen LogP contribution in [0.15, 0.2) is 65.8 Å². The minimum atomic E-state index is -0.529. The van der Waals surface area contributed by atoms with Crippen molar-refractivity contribution in [1.82, 2.24) is 4.98 Å². The molecule has 2 aromatic carbocycles. The number of aromatic nitrogens is 1. The molecule has 2 nitrogen and oxygen atoms in total. The molecule has 4 heteroatoms. The molecule has 0 amide bonds. The molecule has 0 saturated heterocycles. The molecular weight excluding hydrogens is 367 g/mol. The molecule has 0 bridgehead atoms. The summed E-state index contributed by atoms with van der Waals surface area (Å²) in [6.07, 6.45) is 4.95. The standard InChI is InChI=1S/C24H19FN2S/c1-2-3-4-18-5-10-20(11-6-18)21-12-7-19(8-13-21)9-14-24-23(25)15-22(16-26-24)27-17-28/h5-8,10-13,15-16H,2-4H2,1H3. The average molecular weight is 386 g/mol. The Morgan fingerprint density at radius 3 is 2.29 bits per heavy atom. The van der Waals surface area contributed by atoms with E-state index in [4.69, 9.17) is 0 Å². The van der Waals surface area contributed by atoms with Gasteiger partial charge in [-0.3, -0.25) is 0 Å². The number of rotatable bonds is 5. The molecule has 3 aromatic rings. The topological polar surface area (TPSA) is 25.2 Å². The third kappa shape index (κ3) is 5.20. The first-order chi connectivity index (χ1) is 13.7. The smallest absolute Gasteiger partial charge is 0.159 e. The number of nitrogens with zero attached hydrogens (tertiary/aromatic N) is 2. The predicted octanol–water partition coefficient (Wildman–Crippen LogP) is 6.36. The maximum atomic E-state index is 14.0. The van der Waals surface area contributed by atoms with Crippen LogP contribution in [0.25, 0.3) is 11.1 Å². The second-order valence-corrected chi connectivity index (χ2v) is 6.54. The van der Waals surface area contributed by atoms with E-state index >= 15 is 0 Å². The maximum Gasteiger partial charge on any atom is 0.159 e. The van der Waals surface area contributed by atoms with E-state index in [1.165, 1.54) is 36.2 Å². The Morgan fingerprint density at radius 1 is 1.00 bits per heavy atom. The van der Waals surface area contributed by atoms with Gasteiger partial charge in [0.25, 0.3) is 0 Å². The number of pyridine rings is 1. The lowest BCUT2D eigenvalue weighted by Gasteiger charge is -2.04. The first-order valence-corrected chi connectivity index (χ1v) is 9.55. The van der Waals surface area contributed by atoms with Crippen LogP contribution >= 0.6 is 12.2 Å². The monoisotopic (exact) mass is 386 g/mol. The molecule has 0 spiro atoms. The third-order valence-electron chi connectivity index (χ3n) is 4.32. The molecule has 3 rings (SSSR count). The molecule has 28 heavy (non-hydrogen) atoms. The molecule has 0 atom stereocenters. The van der Waals surface area contributed by atoms with Crippen molar-refractivity contribution in [3.8, 4) is 23.0 Å². The van der Waals surface area contributed by atoms with Gasteiger partial charge in [0.15, 0.2) is 5.82 Å². The fourth-order valence-corrected chi connectivity index (χ4v) is 2.86. The van der Waals surface area contributed by atoms with Crippen LogP contribution in [0.5, 0.6) is 0 Å². The van der Waals surface area contributed by atoms with Gasteiger partial charge in [-0.15, -0.1) is 0 Å². The normalized spacial score (nSPS) is 9.93. The summed E-state index contributed by atoms with van der Waals surface area (Å²) in [7, 11) is 0. The van der Waals surface area contributed by atoms with Crippen LogP contribution in [-0.2, 0) is 6.42 Å². The van der Waals surface area contributed by atoms with Crippen molar-refractivity contribution in [2.75, 3.05) is 0 Å². The Hall–Kier alpha value is -3.12. The van der Waals surface area contributed by atoms with Gasteiger partial charge in [-0.25, -0.2) is 9.37 Å². The van der Waals surface area contributed by atoms with Gasteiger partial charge < -0.3 is 0 Å². The lowest BCUT2D eigenvalue weighted by Crippen LogP contribution is -1.88. The van der Waals surface area contributed by atoms with E-state index in [1.807, 2.05) is 24.3 Å². The number of thiocarbonyl (C=S) groups is 1. The van der Waals surface area contributed by atoms with Crippen LogP contribution in [0.3, 0.4) is 0 Å². The molecule has 0 radical (unpaired) electrons. The molecule has 0 unspecified atom stereocenters. The van der Waals surface area contributed by atoms with Gasteiger partial charge in [0.1, 0.15) is 5.69 Å². The molecule has 0 aliphatic heterocycles. The highest BCUT2D eigenvalue weighted by Gasteiger charge is 2.02. The second kappa shape index (κ2) is 9.71. The number of aliphatic imine (C=N–C) groups is 1. The summed E-state index contributed by atoms with van der Waals surface area (Å²) in [6.45, 7) is 2.20. The Bertz CT molecular complexity index is 1050. The van der Waals surface area contributed by atoms with Gasteiger partial charge >= 0.3 is 0 Å². The SMILES string of the molecule is CCCCc1ccc(-c2ccc(C#Cc3ncc(N=C=S)cc3F)cc2)cc1. The molecule has 0 aliphatic carbocycles. The van der Waals surface area contributed by atoms with Crippen LogP contribution in [0.1, 0.15) is 36.6 Å². The molecule has 0 saturated carbocycles. The van der Waals surface area contributed by atoms with Crippen molar-refractivity contribution in [3.05, 3.63) is 83.4 Å². The van der Waals surface area contributed by atoms with Crippen molar-refractivity contribution in [2.45, 2.75) is 26.2 Å². The van der Waals surface area contributed by atoms with E-state index in [2.05, 4.69) is 70.4 Å². The van der Waals surface area contributed by atoms with Crippen LogP contribution in [0.4, 0.5) is 10.1 Å². The Morgan fingerprint density at radius 2 is 1.68 bits per heavy atom. The van der Waals surface area contributed by atoms with E-state index in [9.17, 15) is 4.39 Å². The first-order valence-electron chi connectivity index (χ1n) is 9.14. The average Bonchev–Trinajstić information content (AvgIpc) is 2.73. The van der Waals surface area contributed by atoms with Crippen LogP contribution in [-0.4, -0.2) is 10.1 Å². The largest absolute Gasteiger partial charge is 0.242 e. The minimum absolute atomic E-state index is 0.0788. The van der Waals surface area contributed by atoms with Crippen molar-refractivity contribution in [1.29, 1.82) is 0 Å². The van der Waals surface area contributed by atoms with E-state index in [1.54, 1.807) is 0 Å². The number of isothiocyanates is 1. The van der Waals surface area contributed by atoms with E-state index in [0.717, 1.165) is 17.5 Å². The lowest BCUT2D eigenvalue weighted by molar-refractivity contribution is 0.617. The van der Waals surface area contributed by atoms with Gasteiger partial charge in [-0.1, -0.05) is 55.7 Å². The van der Waals surface area contributed by atoms with Crippen LogP contribution in [0, 0.1) is 17.7 Å². The second-order valence-electron chi connectivity index (χ2n) is 6.35. The first kappa shape index (κ1) is 19.6. The van der Waals surface area contributed by atoms with Crippen molar-refractivity contribution in [2.24, 2.45) is 4.99 Å². The molecule has 1 heterocycles. The zero-order chi connectivity index (χ0) is 19.8. The zero-order valence-electron chi connectivity index (χ0n) is 15.6. The molecular formula is C24H19FN2S. The summed E-state index contributed by atoms with van der Waals surface area (Å²) in [5, 5.41) is 2.18. The maximum absolute atomic E-state index is 14.0. The van der Waals surface area contributed by atoms with Gasteiger partial charge in [-0.05, 0) is 59.8 Å². The van der Waals surface area contributed by atoms with E-state index < -0.39 is 5.82 Å². The van der Waals surface area contributed by atoms with Crippen molar-refractivity contribution < 1.29 is 4.39 Å². The molecule has 0 N–H and O–H groups in total. The molecule has 138 valence electrons. The highest BCUT2D eigenvalue weighted by molar-refractivity contribution is 7.78. The number of aryl methyl sites for hydroxylation is 1. The van der Waals surface area contributed by atoms with Gasteiger partial charge in [0.05, 0.1) is 17.0 Å². The van der Waals surface area contributed by atoms with Crippen LogP contribution < -0.4 is 0 Å². The lowest BCUT2D eigenvalue weighted by atomic mass is 10.0. The van der Waals surface area contributed by atoms with Gasteiger partial charge in [-0.2, -0.15) is 4.99 Å². The van der Waals surface area contributed by atoms with E-state index in [0.29, 0.717) is 5.69 Å². The number of hydrogen-bond acceptors (Lipinski definition) is 3. The number of unbranched alkanes of at least 4 members (excludes halogenated alkanes) is 1. The van der Waals surface area contributed by atoms with E-state index in [-0.39, 0.29) is 5.69 Å². The molecule has 1 aromatic heterocycles. The fourth-order valence-electron chi connectivity index (χ4n) is 2.76. The van der Waals surface area contributed by atoms with Gasteiger partial charge in [0.2, 0.25) is 0 Å². The Balaban J connectivity index is 1.73. The number of halogens is 1. The number of hydrogen-bond donors (Lipinski definition) is 0. The predicted molar refractivity (Wildman–Crippen MR) is 115 cm³/mol. The van der Waals surface area contributed by atoms with Gasteiger partial charge in [0, 0.05) is 11.6 Å². The molecule has 0 aliphatic rings. The summed E-state index contributed by atoms with van der Waals surface area (Å²) in [5.74, 6) is 5.18. The third-order valence-corrected chi connectivity index (χ3v) is 4.41. The molecule has 0 fully saturated rings. The highest BCUT2D eigenvalue weighted by Crippen LogP contribution is 2.21. The Labute approximate surface area is 170 Å². The fraction of sp³-hybridized carbons (Fsp3) is 0.167. The minimum Gasteiger partial charge on any atom is -0.242 e. The summed E-state index contributed by atoms with van der Waals surface area (Å²) in [4.78, 5) is 7.68. The Kier molecular flexibility index (Phi) is 6.81. The summed E-state index contributed by atoms with van der Waals surface area (Å²) >= 11 is 4.50. The highest BCUT2D eigenvalue weighted by atomic mass is 32.1. The number of benzene rings is 2. The summed E-state index contributed by atoms with van der Waals surface area (Å²) in [5.41, 5.74) is 4.86.